The summed E-state index contributed by atoms with van der Waals surface area (Å²) in [4.78, 5) is 11.3. The van der Waals surface area contributed by atoms with Gasteiger partial charge in [-0.05, 0) is 12.1 Å². The van der Waals surface area contributed by atoms with Crippen molar-refractivity contribution in [2.45, 2.75) is 0 Å². The third-order valence-corrected chi connectivity index (χ3v) is 2.00. The minimum atomic E-state index is -0.492. The SMILES string of the molecule is COC(=O)c1n[nH]c2cccc(N)c12. The Morgan fingerprint density at radius 1 is 1.57 bits per heavy atom. The fourth-order valence-corrected chi connectivity index (χ4v) is 1.34. The lowest BCUT2D eigenvalue weighted by molar-refractivity contribution is 0.0596. The fourth-order valence-electron chi connectivity index (χ4n) is 1.34. The summed E-state index contributed by atoms with van der Waals surface area (Å²) in [5.74, 6) is -0.492. The van der Waals surface area contributed by atoms with Crippen LogP contribution in [0.1, 0.15) is 10.5 Å². The lowest BCUT2D eigenvalue weighted by atomic mass is 10.2. The lowest BCUT2D eigenvalue weighted by Crippen LogP contribution is -2.03. The normalized spacial score (nSPS) is 10.4. The summed E-state index contributed by atoms with van der Waals surface area (Å²) in [6.07, 6.45) is 0. The molecule has 0 fully saturated rings. The van der Waals surface area contributed by atoms with Gasteiger partial charge in [0.25, 0.3) is 0 Å². The van der Waals surface area contributed by atoms with Crippen LogP contribution in [-0.2, 0) is 4.74 Å². The van der Waals surface area contributed by atoms with Crippen LogP contribution in [0.25, 0.3) is 10.9 Å². The molecular weight excluding hydrogens is 182 g/mol. The number of nitrogens with one attached hydrogen (secondary N) is 1. The quantitative estimate of drug-likeness (QED) is 0.519. The molecule has 1 heterocycles. The molecule has 0 bridgehead atoms. The van der Waals surface area contributed by atoms with Crippen molar-refractivity contribution in [2.24, 2.45) is 0 Å². The second-order valence-corrected chi connectivity index (χ2v) is 2.83. The molecule has 0 spiro atoms. The number of esters is 1. The number of rotatable bonds is 1. The predicted molar refractivity (Wildman–Crippen MR) is 51.8 cm³/mol. The molecule has 0 aliphatic carbocycles. The van der Waals surface area contributed by atoms with Crippen LogP contribution in [0, 0.1) is 0 Å². The molecule has 0 amide bonds. The van der Waals surface area contributed by atoms with Gasteiger partial charge in [0.1, 0.15) is 0 Å². The Morgan fingerprint density at radius 3 is 3.07 bits per heavy atom. The van der Waals surface area contributed by atoms with Crippen LogP contribution in [0.3, 0.4) is 0 Å². The number of anilines is 1. The van der Waals surface area contributed by atoms with Gasteiger partial charge >= 0.3 is 5.97 Å². The molecule has 0 saturated carbocycles. The van der Waals surface area contributed by atoms with Crippen LogP contribution < -0.4 is 5.73 Å². The van der Waals surface area contributed by atoms with Gasteiger partial charge in [-0.3, -0.25) is 5.10 Å². The maximum Gasteiger partial charge on any atom is 0.359 e. The van der Waals surface area contributed by atoms with Crippen LogP contribution in [0.4, 0.5) is 5.69 Å². The minimum absolute atomic E-state index is 0.223. The Kier molecular flexibility index (Phi) is 1.85. The minimum Gasteiger partial charge on any atom is -0.464 e. The van der Waals surface area contributed by atoms with E-state index in [2.05, 4.69) is 14.9 Å². The Morgan fingerprint density at radius 2 is 2.36 bits per heavy atom. The van der Waals surface area contributed by atoms with Gasteiger partial charge in [-0.25, -0.2) is 4.79 Å². The molecule has 1 aromatic carbocycles. The average Bonchev–Trinajstić information content (AvgIpc) is 2.62. The summed E-state index contributed by atoms with van der Waals surface area (Å²) >= 11 is 0. The summed E-state index contributed by atoms with van der Waals surface area (Å²) < 4.78 is 4.58. The number of hydrogen-bond acceptors (Lipinski definition) is 4. The second kappa shape index (κ2) is 3.02. The van der Waals surface area contributed by atoms with Gasteiger partial charge in [-0.2, -0.15) is 5.10 Å². The molecule has 1 aromatic heterocycles. The lowest BCUT2D eigenvalue weighted by Gasteiger charge is -1.97. The van der Waals surface area contributed by atoms with Crippen LogP contribution in [-0.4, -0.2) is 23.3 Å². The maximum atomic E-state index is 11.3. The molecule has 0 saturated heterocycles. The number of fused-ring (bicyclic) bond motifs is 1. The Balaban J connectivity index is 2.73. The van der Waals surface area contributed by atoms with Crippen molar-refractivity contribution in [3.8, 4) is 0 Å². The number of aromatic nitrogens is 2. The van der Waals surface area contributed by atoms with Crippen LogP contribution >= 0.6 is 0 Å². The van der Waals surface area contributed by atoms with Gasteiger partial charge in [0.15, 0.2) is 5.69 Å². The Bertz CT molecular complexity index is 490. The molecule has 3 N–H and O–H groups in total. The summed E-state index contributed by atoms with van der Waals surface area (Å²) in [6, 6.07) is 5.30. The van der Waals surface area contributed by atoms with E-state index in [1.54, 1.807) is 18.2 Å². The highest BCUT2D eigenvalue weighted by atomic mass is 16.5. The molecule has 0 atom stereocenters. The molecule has 2 rings (SSSR count). The van der Waals surface area contributed by atoms with Gasteiger partial charge in [0.2, 0.25) is 0 Å². The zero-order valence-electron chi connectivity index (χ0n) is 7.57. The van der Waals surface area contributed by atoms with E-state index in [1.807, 2.05) is 0 Å². The molecule has 72 valence electrons. The molecule has 2 aromatic rings. The summed E-state index contributed by atoms with van der Waals surface area (Å²) in [5, 5.41) is 7.17. The highest BCUT2D eigenvalue weighted by Gasteiger charge is 2.15. The van der Waals surface area contributed by atoms with Crippen molar-refractivity contribution < 1.29 is 9.53 Å². The van der Waals surface area contributed by atoms with E-state index in [4.69, 9.17) is 5.73 Å². The Labute approximate surface area is 79.9 Å². The molecule has 5 heteroatoms. The highest BCUT2D eigenvalue weighted by molar-refractivity contribution is 6.06. The zero-order chi connectivity index (χ0) is 10.1. The predicted octanol–water partition coefficient (Wildman–Crippen LogP) is 0.932. The molecular formula is C9H9N3O2. The van der Waals surface area contributed by atoms with E-state index < -0.39 is 5.97 Å². The van der Waals surface area contributed by atoms with Gasteiger partial charge < -0.3 is 10.5 Å². The van der Waals surface area contributed by atoms with E-state index in [1.165, 1.54) is 7.11 Å². The number of methoxy groups -OCH3 is 1. The summed E-state index contributed by atoms with van der Waals surface area (Å²) in [6.45, 7) is 0. The number of carbonyl (C=O) groups excluding carboxylic acids is 1. The molecule has 0 unspecified atom stereocenters. The monoisotopic (exact) mass is 191 g/mol. The smallest absolute Gasteiger partial charge is 0.359 e. The first kappa shape index (κ1) is 8.55. The largest absolute Gasteiger partial charge is 0.464 e. The third-order valence-electron chi connectivity index (χ3n) is 2.00. The van der Waals surface area contributed by atoms with Crippen LogP contribution in [0.5, 0.6) is 0 Å². The second-order valence-electron chi connectivity index (χ2n) is 2.83. The average molecular weight is 191 g/mol. The fraction of sp³-hybridized carbons (Fsp3) is 0.111. The number of nitrogens with two attached hydrogens (primary N) is 1. The first-order valence-corrected chi connectivity index (χ1v) is 4.05. The third kappa shape index (κ3) is 1.10. The van der Waals surface area contributed by atoms with Crippen molar-refractivity contribution >= 4 is 22.6 Å². The Hall–Kier alpha value is -2.04. The van der Waals surface area contributed by atoms with Gasteiger partial charge in [-0.1, -0.05) is 6.07 Å². The standard InChI is InChI=1S/C9H9N3O2/c1-14-9(13)8-7-5(10)3-2-4-6(7)11-12-8/h2-4H,10H2,1H3,(H,11,12). The molecule has 0 aliphatic heterocycles. The number of nitrogens with zero attached hydrogens (tertiary/aromatic N) is 1. The van der Waals surface area contributed by atoms with E-state index in [-0.39, 0.29) is 5.69 Å². The first-order chi connectivity index (χ1) is 6.74. The molecule has 14 heavy (non-hydrogen) atoms. The van der Waals surface area contributed by atoms with Crippen LogP contribution in [0.15, 0.2) is 18.2 Å². The number of H-pyrrole nitrogens is 1. The van der Waals surface area contributed by atoms with Gasteiger partial charge in [-0.15, -0.1) is 0 Å². The number of benzene rings is 1. The highest BCUT2D eigenvalue weighted by Crippen LogP contribution is 2.22. The van der Waals surface area contributed by atoms with Crippen LogP contribution in [0.2, 0.25) is 0 Å². The number of carbonyl (C=O) groups is 1. The molecule has 0 aliphatic rings. The van der Waals surface area contributed by atoms with E-state index in [0.717, 1.165) is 5.52 Å². The van der Waals surface area contributed by atoms with Crippen molar-refractivity contribution in [3.05, 3.63) is 23.9 Å². The van der Waals surface area contributed by atoms with E-state index in [9.17, 15) is 4.79 Å². The number of ether oxygens (including phenoxy) is 1. The van der Waals surface area contributed by atoms with Crippen molar-refractivity contribution in [3.63, 3.8) is 0 Å². The van der Waals surface area contributed by atoms with Gasteiger partial charge in [0, 0.05) is 5.69 Å². The number of aromatic amines is 1. The van der Waals surface area contributed by atoms with Gasteiger partial charge in [0.05, 0.1) is 18.0 Å². The maximum absolute atomic E-state index is 11.3. The number of hydrogen-bond donors (Lipinski definition) is 2. The zero-order valence-corrected chi connectivity index (χ0v) is 7.57. The van der Waals surface area contributed by atoms with Crippen molar-refractivity contribution in [1.29, 1.82) is 0 Å². The van der Waals surface area contributed by atoms with E-state index in [0.29, 0.717) is 11.1 Å². The topological polar surface area (TPSA) is 81.0 Å². The summed E-state index contributed by atoms with van der Waals surface area (Å²) in [7, 11) is 1.31. The van der Waals surface area contributed by atoms with E-state index >= 15 is 0 Å². The molecule has 0 radical (unpaired) electrons. The van der Waals surface area contributed by atoms with Crippen molar-refractivity contribution in [2.75, 3.05) is 12.8 Å². The van der Waals surface area contributed by atoms with Crippen molar-refractivity contribution in [1.82, 2.24) is 10.2 Å². The number of nitrogen functional groups attached to an aromatic ring is 1. The summed E-state index contributed by atoms with van der Waals surface area (Å²) in [5.41, 5.74) is 7.19. The molecule has 5 nitrogen and oxygen atoms in total. The first-order valence-electron chi connectivity index (χ1n) is 4.05.